The first kappa shape index (κ1) is 20.9. The maximum atomic E-state index is 13.4. The molecule has 2 aromatic heterocycles. The lowest BCUT2D eigenvalue weighted by atomic mass is 10.2. The summed E-state index contributed by atoms with van der Waals surface area (Å²) in [6, 6.07) is 14.4. The minimum Gasteiger partial charge on any atom is -0.495 e. The molecule has 0 spiro atoms. The first-order chi connectivity index (χ1) is 15.5. The molecule has 0 unspecified atom stereocenters. The Morgan fingerprint density at radius 1 is 1.03 bits per heavy atom. The van der Waals surface area contributed by atoms with Crippen molar-refractivity contribution in [2.75, 3.05) is 17.7 Å². The lowest BCUT2D eigenvalue weighted by Gasteiger charge is -2.14. The standard InChI is InChI=1S/C23H20FN5O3/c1-15(30)26-17-7-10-21(32-2)20(13-17)27-22(31)19-14-25-29(18-8-5-16(24)6-9-18)23(19)28-11-3-4-12-28/h3-14H,1-2H3,(H,26,30)(H,27,31). The molecule has 8 nitrogen and oxygen atoms in total. The van der Waals surface area contributed by atoms with Crippen molar-refractivity contribution >= 4 is 23.2 Å². The van der Waals surface area contributed by atoms with Crippen LogP contribution >= 0.6 is 0 Å². The molecule has 0 saturated carbocycles. The predicted octanol–water partition coefficient (Wildman–Crippen LogP) is 4.02. The maximum absolute atomic E-state index is 13.4. The van der Waals surface area contributed by atoms with Gasteiger partial charge in [0.05, 0.1) is 24.7 Å². The second-order valence-corrected chi connectivity index (χ2v) is 6.91. The van der Waals surface area contributed by atoms with E-state index < -0.39 is 5.91 Å². The van der Waals surface area contributed by atoms with Crippen LogP contribution in [-0.4, -0.2) is 33.3 Å². The largest absolute Gasteiger partial charge is 0.495 e. The van der Waals surface area contributed by atoms with Gasteiger partial charge in [-0.2, -0.15) is 5.10 Å². The quantitative estimate of drug-likeness (QED) is 0.481. The molecule has 0 aliphatic carbocycles. The van der Waals surface area contributed by atoms with Gasteiger partial charge in [-0.25, -0.2) is 9.07 Å². The Bertz CT molecular complexity index is 1260. The average molecular weight is 433 g/mol. The van der Waals surface area contributed by atoms with E-state index in [1.165, 1.54) is 32.4 Å². The summed E-state index contributed by atoms with van der Waals surface area (Å²) in [5, 5.41) is 9.86. The van der Waals surface area contributed by atoms with E-state index in [0.717, 1.165) is 0 Å². The Balaban J connectivity index is 1.73. The summed E-state index contributed by atoms with van der Waals surface area (Å²) >= 11 is 0. The summed E-state index contributed by atoms with van der Waals surface area (Å²) in [4.78, 5) is 24.6. The molecule has 9 heteroatoms. The number of benzene rings is 2. The van der Waals surface area contributed by atoms with Crippen LogP contribution in [0.4, 0.5) is 15.8 Å². The molecular formula is C23H20FN5O3. The van der Waals surface area contributed by atoms with Gasteiger partial charge in [0.15, 0.2) is 5.82 Å². The van der Waals surface area contributed by atoms with E-state index in [4.69, 9.17) is 4.74 Å². The number of hydrogen-bond donors (Lipinski definition) is 2. The van der Waals surface area contributed by atoms with E-state index in [1.807, 2.05) is 12.1 Å². The van der Waals surface area contributed by atoms with E-state index >= 15 is 0 Å². The van der Waals surface area contributed by atoms with Gasteiger partial charge in [0.25, 0.3) is 5.91 Å². The van der Waals surface area contributed by atoms with Crippen molar-refractivity contribution in [2.24, 2.45) is 0 Å². The highest BCUT2D eigenvalue weighted by atomic mass is 19.1. The number of amides is 2. The second kappa shape index (κ2) is 8.76. The molecule has 0 aliphatic rings. The number of carbonyl (C=O) groups excluding carboxylic acids is 2. The topological polar surface area (TPSA) is 90.2 Å². The Hall–Kier alpha value is -4.40. The van der Waals surface area contributed by atoms with Gasteiger partial charge in [-0.15, -0.1) is 0 Å². The van der Waals surface area contributed by atoms with Crippen molar-refractivity contribution < 1.29 is 18.7 Å². The zero-order chi connectivity index (χ0) is 22.7. The van der Waals surface area contributed by atoms with Crippen LogP contribution in [0, 0.1) is 5.82 Å². The first-order valence-electron chi connectivity index (χ1n) is 9.70. The molecule has 4 aromatic rings. The minimum absolute atomic E-state index is 0.233. The highest BCUT2D eigenvalue weighted by molar-refractivity contribution is 6.07. The minimum atomic E-state index is -0.430. The van der Waals surface area contributed by atoms with E-state index in [2.05, 4.69) is 15.7 Å². The van der Waals surface area contributed by atoms with Crippen LogP contribution in [0.15, 0.2) is 73.2 Å². The summed E-state index contributed by atoms with van der Waals surface area (Å²) in [7, 11) is 1.49. The normalized spacial score (nSPS) is 10.6. The summed E-state index contributed by atoms with van der Waals surface area (Å²) in [6.07, 6.45) is 5.01. The molecule has 0 bridgehead atoms. The molecule has 32 heavy (non-hydrogen) atoms. The van der Waals surface area contributed by atoms with Crippen molar-refractivity contribution in [1.29, 1.82) is 0 Å². The number of halogens is 1. The van der Waals surface area contributed by atoms with Gasteiger partial charge in [-0.05, 0) is 54.6 Å². The Morgan fingerprint density at radius 2 is 1.75 bits per heavy atom. The summed E-state index contributed by atoms with van der Waals surface area (Å²) in [6.45, 7) is 1.40. The molecule has 0 saturated heterocycles. The van der Waals surface area contributed by atoms with Crippen LogP contribution in [0.1, 0.15) is 17.3 Å². The Morgan fingerprint density at radius 3 is 2.41 bits per heavy atom. The lowest BCUT2D eigenvalue weighted by molar-refractivity contribution is -0.114. The van der Waals surface area contributed by atoms with E-state index in [9.17, 15) is 14.0 Å². The fraction of sp³-hybridized carbons (Fsp3) is 0.0870. The number of rotatable bonds is 6. The molecule has 2 aromatic carbocycles. The molecule has 0 radical (unpaired) electrons. The van der Waals surface area contributed by atoms with E-state index in [1.54, 1.807) is 52.0 Å². The predicted molar refractivity (Wildman–Crippen MR) is 118 cm³/mol. The Kier molecular flexibility index (Phi) is 5.71. The number of methoxy groups -OCH3 is 1. The number of nitrogens with one attached hydrogen (secondary N) is 2. The second-order valence-electron chi connectivity index (χ2n) is 6.91. The third-order valence-electron chi connectivity index (χ3n) is 4.68. The van der Waals surface area contributed by atoms with Crippen LogP contribution in [-0.2, 0) is 4.79 Å². The van der Waals surface area contributed by atoms with Gasteiger partial charge in [0.2, 0.25) is 5.91 Å². The van der Waals surface area contributed by atoms with Crippen LogP contribution in [0.5, 0.6) is 5.75 Å². The summed E-state index contributed by atoms with van der Waals surface area (Å²) in [5.41, 5.74) is 1.79. The molecule has 2 heterocycles. The van der Waals surface area contributed by atoms with Crippen LogP contribution in [0.25, 0.3) is 11.5 Å². The molecule has 4 rings (SSSR count). The molecule has 162 valence electrons. The van der Waals surface area contributed by atoms with Crippen molar-refractivity contribution in [3.05, 3.63) is 84.6 Å². The Labute approximate surface area is 183 Å². The summed E-state index contributed by atoms with van der Waals surface area (Å²) < 4.78 is 22.0. The monoisotopic (exact) mass is 433 g/mol. The van der Waals surface area contributed by atoms with Gasteiger partial charge >= 0.3 is 0 Å². The first-order valence-corrected chi connectivity index (χ1v) is 9.70. The van der Waals surface area contributed by atoms with Crippen LogP contribution < -0.4 is 15.4 Å². The molecule has 2 N–H and O–H groups in total. The SMILES string of the molecule is COc1ccc(NC(C)=O)cc1NC(=O)c1cnn(-c2ccc(F)cc2)c1-n1cccc1. The van der Waals surface area contributed by atoms with Crippen molar-refractivity contribution in [2.45, 2.75) is 6.92 Å². The third-order valence-corrected chi connectivity index (χ3v) is 4.68. The fourth-order valence-electron chi connectivity index (χ4n) is 3.27. The molecule has 2 amide bonds. The highest BCUT2D eigenvalue weighted by Gasteiger charge is 2.21. The van der Waals surface area contributed by atoms with Gasteiger partial charge in [-0.1, -0.05) is 0 Å². The van der Waals surface area contributed by atoms with Crippen molar-refractivity contribution in [1.82, 2.24) is 14.3 Å². The van der Waals surface area contributed by atoms with Gasteiger partial charge < -0.3 is 19.9 Å². The number of carbonyl (C=O) groups is 2. The molecule has 0 atom stereocenters. The van der Waals surface area contributed by atoms with E-state index in [-0.39, 0.29) is 17.3 Å². The van der Waals surface area contributed by atoms with Crippen LogP contribution in [0.3, 0.4) is 0 Å². The van der Waals surface area contributed by atoms with Crippen LogP contribution in [0.2, 0.25) is 0 Å². The van der Waals surface area contributed by atoms with Gasteiger partial charge in [0, 0.05) is 25.0 Å². The smallest absolute Gasteiger partial charge is 0.261 e. The molecule has 0 aliphatic heterocycles. The van der Waals surface area contributed by atoms with E-state index in [0.29, 0.717) is 28.6 Å². The van der Waals surface area contributed by atoms with Crippen molar-refractivity contribution in [3.63, 3.8) is 0 Å². The van der Waals surface area contributed by atoms with Crippen molar-refractivity contribution in [3.8, 4) is 17.3 Å². The van der Waals surface area contributed by atoms with Gasteiger partial charge in [0.1, 0.15) is 17.1 Å². The lowest BCUT2D eigenvalue weighted by Crippen LogP contribution is -2.16. The zero-order valence-electron chi connectivity index (χ0n) is 17.4. The average Bonchev–Trinajstić information content (AvgIpc) is 3.44. The number of aromatic nitrogens is 3. The zero-order valence-corrected chi connectivity index (χ0v) is 17.4. The van der Waals surface area contributed by atoms with Gasteiger partial charge in [-0.3, -0.25) is 9.59 Å². The third kappa shape index (κ3) is 4.22. The fourth-order valence-corrected chi connectivity index (χ4v) is 3.27. The highest BCUT2D eigenvalue weighted by Crippen LogP contribution is 2.29. The number of hydrogen-bond acceptors (Lipinski definition) is 4. The number of ether oxygens (including phenoxy) is 1. The molecular weight excluding hydrogens is 413 g/mol. The number of anilines is 2. The number of nitrogens with zero attached hydrogens (tertiary/aromatic N) is 3. The summed E-state index contributed by atoms with van der Waals surface area (Å²) in [5.74, 6) is -0.118. The maximum Gasteiger partial charge on any atom is 0.261 e. The molecule has 0 fully saturated rings.